The predicted octanol–water partition coefficient (Wildman–Crippen LogP) is 4.92. The zero-order valence-corrected chi connectivity index (χ0v) is 14.6. The van der Waals surface area contributed by atoms with Crippen molar-refractivity contribution >= 4 is 0 Å². The second kappa shape index (κ2) is 8.53. The summed E-state index contributed by atoms with van der Waals surface area (Å²) < 4.78 is 6.18. The van der Waals surface area contributed by atoms with Gasteiger partial charge in [0.2, 0.25) is 0 Å². The summed E-state index contributed by atoms with van der Waals surface area (Å²) in [6, 6.07) is 0.590. The molecule has 0 amide bonds. The van der Waals surface area contributed by atoms with Crippen molar-refractivity contribution in [3.8, 4) is 0 Å². The Hall–Kier alpha value is -0.0800. The van der Waals surface area contributed by atoms with Crippen LogP contribution >= 0.6 is 0 Å². The van der Waals surface area contributed by atoms with Gasteiger partial charge in [0.1, 0.15) is 0 Å². The highest BCUT2D eigenvalue weighted by Gasteiger charge is 2.50. The van der Waals surface area contributed by atoms with E-state index in [0.717, 1.165) is 12.5 Å². The summed E-state index contributed by atoms with van der Waals surface area (Å²) in [7, 11) is 0. The van der Waals surface area contributed by atoms with Gasteiger partial charge >= 0.3 is 0 Å². The first-order valence-corrected chi connectivity index (χ1v) is 9.53. The molecule has 0 aromatic heterocycles. The van der Waals surface area contributed by atoms with Crippen LogP contribution < -0.4 is 5.32 Å². The van der Waals surface area contributed by atoms with Crippen LogP contribution in [0.2, 0.25) is 0 Å². The molecule has 0 bridgehead atoms. The molecule has 1 saturated carbocycles. The highest BCUT2D eigenvalue weighted by molar-refractivity contribution is 5.00. The predicted molar refractivity (Wildman–Crippen MR) is 90.6 cm³/mol. The second-order valence-corrected chi connectivity index (χ2v) is 7.79. The van der Waals surface area contributed by atoms with Gasteiger partial charge in [0.15, 0.2) is 0 Å². The van der Waals surface area contributed by atoms with Crippen LogP contribution in [0.5, 0.6) is 0 Å². The lowest BCUT2D eigenvalue weighted by Crippen LogP contribution is -2.43. The Morgan fingerprint density at radius 2 is 1.81 bits per heavy atom. The van der Waals surface area contributed by atoms with Crippen molar-refractivity contribution in [1.29, 1.82) is 0 Å². The molecule has 0 aromatic carbocycles. The first-order chi connectivity index (χ1) is 10.2. The number of rotatable bonds is 11. The number of unbranched alkanes of at least 4 members (excludes halogenated alkanes) is 5. The Balaban J connectivity index is 1.80. The van der Waals surface area contributed by atoms with E-state index in [2.05, 4.69) is 26.1 Å². The van der Waals surface area contributed by atoms with Gasteiger partial charge in [-0.25, -0.2) is 0 Å². The maximum atomic E-state index is 6.18. The Morgan fingerprint density at radius 3 is 2.48 bits per heavy atom. The van der Waals surface area contributed by atoms with Crippen molar-refractivity contribution in [3.05, 3.63) is 0 Å². The van der Waals surface area contributed by atoms with Gasteiger partial charge in [-0.15, -0.1) is 0 Å². The van der Waals surface area contributed by atoms with Crippen molar-refractivity contribution < 1.29 is 4.74 Å². The topological polar surface area (TPSA) is 21.3 Å². The number of nitrogens with one attached hydrogen (secondary N) is 1. The normalized spacial score (nSPS) is 29.4. The van der Waals surface area contributed by atoms with Gasteiger partial charge in [-0.3, -0.25) is 0 Å². The summed E-state index contributed by atoms with van der Waals surface area (Å²) in [6.45, 7) is 8.99. The summed E-state index contributed by atoms with van der Waals surface area (Å²) in [5.41, 5.74) is 0.441. The quantitative estimate of drug-likeness (QED) is 0.546. The molecular weight excluding hydrogens is 258 g/mol. The molecule has 21 heavy (non-hydrogen) atoms. The second-order valence-electron chi connectivity index (χ2n) is 7.79. The highest BCUT2D eigenvalue weighted by atomic mass is 16.5. The fourth-order valence-corrected chi connectivity index (χ4v) is 3.95. The smallest absolute Gasteiger partial charge is 0.0672 e. The molecule has 2 atom stereocenters. The van der Waals surface area contributed by atoms with E-state index in [1.54, 1.807) is 0 Å². The van der Waals surface area contributed by atoms with Crippen LogP contribution in [0.4, 0.5) is 0 Å². The largest absolute Gasteiger partial charge is 0.377 e. The van der Waals surface area contributed by atoms with Crippen LogP contribution in [0, 0.1) is 11.3 Å². The molecule has 1 aliphatic heterocycles. The van der Waals surface area contributed by atoms with Crippen LogP contribution in [-0.2, 0) is 4.74 Å². The molecule has 1 saturated heterocycles. The molecular formula is C19H37NO. The van der Waals surface area contributed by atoms with Crippen LogP contribution in [0.25, 0.3) is 0 Å². The highest BCUT2D eigenvalue weighted by Crippen LogP contribution is 2.50. The Bertz CT molecular complexity index is 287. The van der Waals surface area contributed by atoms with Crippen LogP contribution in [0.15, 0.2) is 0 Å². The summed E-state index contributed by atoms with van der Waals surface area (Å²) in [6.07, 6.45) is 14.5. The monoisotopic (exact) mass is 295 g/mol. The zero-order valence-electron chi connectivity index (χ0n) is 14.6. The van der Waals surface area contributed by atoms with Gasteiger partial charge in [-0.05, 0) is 31.6 Å². The molecule has 1 aliphatic carbocycles. The average molecular weight is 296 g/mol. The molecule has 124 valence electrons. The van der Waals surface area contributed by atoms with Crippen molar-refractivity contribution in [3.63, 3.8) is 0 Å². The van der Waals surface area contributed by atoms with E-state index in [9.17, 15) is 0 Å². The molecule has 0 aromatic rings. The van der Waals surface area contributed by atoms with Crippen LogP contribution in [0.1, 0.15) is 85.0 Å². The third kappa shape index (κ3) is 5.25. The standard InChI is InChI=1S/C19H37NO/c1-4-5-6-7-8-9-12-19(15-20-16(2)3)13-14-21-18(19)17-10-11-17/h16-18,20H,4-15H2,1-3H3. The Kier molecular flexibility index (Phi) is 7.01. The van der Waals surface area contributed by atoms with Crippen molar-refractivity contribution in [2.45, 2.75) is 97.1 Å². The fraction of sp³-hybridized carbons (Fsp3) is 1.00. The molecule has 1 heterocycles. The number of hydrogen-bond donors (Lipinski definition) is 1. The van der Waals surface area contributed by atoms with Gasteiger partial charge in [0, 0.05) is 24.6 Å². The van der Waals surface area contributed by atoms with Gasteiger partial charge in [-0.2, -0.15) is 0 Å². The third-order valence-electron chi connectivity index (χ3n) is 5.44. The fourth-order valence-electron chi connectivity index (χ4n) is 3.95. The van der Waals surface area contributed by atoms with Gasteiger partial charge in [-0.1, -0.05) is 59.3 Å². The van der Waals surface area contributed by atoms with Crippen molar-refractivity contribution in [2.24, 2.45) is 11.3 Å². The lowest BCUT2D eigenvalue weighted by atomic mass is 9.74. The van der Waals surface area contributed by atoms with E-state index in [-0.39, 0.29) is 0 Å². The van der Waals surface area contributed by atoms with E-state index in [1.807, 2.05) is 0 Å². The number of ether oxygens (including phenoxy) is 1. The summed E-state index contributed by atoms with van der Waals surface area (Å²) in [5, 5.41) is 3.72. The number of hydrogen-bond acceptors (Lipinski definition) is 2. The molecule has 1 N–H and O–H groups in total. The third-order valence-corrected chi connectivity index (χ3v) is 5.44. The lowest BCUT2D eigenvalue weighted by molar-refractivity contribution is 0.0245. The Morgan fingerprint density at radius 1 is 1.10 bits per heavy atom. The molecule has 2 nitrogen and oxygen atoms in total. The molecule has 2 heteroatoms. The van der Waals surface area contributed by atoms with Gasteiger partial charge in [0.25, 0.3) is 0 Å². The van der Waals surface area contributed by atoms with Crippen LogP contribution in [-0.4, -0.2) is 25.3 Å². The summed E-state index contributed by atoms with van der Waals surface area (Å²) in [4.78, 5) is 0. The van der Waals surface area contributed by atoms with E-state index >= 15 is 0 Å². The first-order valence-electron chi connectivity index (χ1n) is 9.53. The minimum atomic E-state index is 0.441. The minimum absolute atomic E-state index is 0.441. The van der Waals surface area contributed by atoms with E-state index < -0.39 is 0 Å². The molecule has 0 radical (unpaired) electrons. The molecule has 2 fully saturated rings. The maximum absolute atomic E-state index is 6.18. The Labute approximate surface area is 132 Å². The van der Waals surface area contributed by atoms with Crippen molar-refractivity contribution in [1.82, 2.24) is 5.32 Å². The zero-order chi connectivity index (χ0) is 15.1. The summed E-state index contributed by atoms with van der Waals surface area (Å²) >= 11 is 0. The van der Waals surface area contributed by atoms with E-state index in [0.29, 0.717) is 17.6 Å². The molecule has 0 spiro atoms. The van der Waals surface area contributed by atoms with Gasteiger partial charge in [0.05, 0.1) is 6.10 Å². The van der Waals surface area contributed by atoms with E-state index in [4.69, 9.17) is 4.74 Å². The average Bonchev–Trinajstić information content (AvgIpc) is 3.22. The van der Waals surface area contributed by atoms with E-state index in [1.165, 1.54) is 70.8 Å². The summed E-state index contributed by atoms with van der Waals surface area (Å²) in [5.74, 6) is 0.876. The van der Waals surface area contributed by atoms with Gasteiger partial charge < -0.3 is 10.1 Å². The maximum Gasteiger partial charge on any atom is 0.0672 e. The SMILES string of the molecule is CCCCCCCCC1(CNC(C)C)CCOC1C1CC1. The lowest BCUT2D eigenvalue weighted by Gasteiger charge is -2.35. The minimum Gasteiger partial charge on any atom is -0.377 e. The van der Waals surface area contributed by atoms with Crippen LogP contribution in [0.3, 0.4) is 0 Å². The van der Waals surface area contributed by atoms with Crippen molar-refractivity contribution in [2.75, 3.05) is 13.2 Å². The first kappa shape index (κ1) is 17.3. The molecule has 2 unspecified atom stereocenters. The molecule has 2 aliphatic rings. The molecule has 2 rings (SSSR count).